The zero-order valence-corrected chi connectivity index (χ0v) is 10.7. The standard InChI is InChI=1S/C14H22N2O/c1-3-13(4-2)16-14(17)11-15-10-12-8-6-5-7-9-12/h5-9,13,15H,3-4,10-11H2,1-2H3,(H,16,17). The monoisotopic (exact) mass is 234 g/mol. The van der Waals surface area contributed by atoms with Gasteiger partial charge in [0.25, 0.3) is 0 Å². The Morgan fingerprint density at radius 3 is 2.41 bits per heavy atom. The molecule has 0 atom stereocenters. The second kappa shape index (κ2) is 7.85. The zero-order chi connectivity index (χ0) is 12.5. The van der Waals surface area contributed by atoms with Gasteiger partial charge in [0.05, 0.1) is 6.54 Å². The summed E-state index contributed by atoms with van der Waals surface area (Å²) in [6.45, 7) is 5.29. The van der Waals surface area contributed by atoms with Crippen LogP contribution < -0.4 is 10.6 Å². The molecule has 3 heteroatoms. The molecule has 0 heterocycles. The molecule has 0 spiro atoms. The summed E-state index contributed by atoms with van der Waals surface area (Å²) in [7, 11) is 0. The van der Waals surface area contributed by atoms with Crippen LogP contribution in [0.3, 0.4) is 0 Å². The lowest BCUT2D eigenvalue weighted by molar-refractivity contribution is -0.121. The molecule has 0 radical (unpaired) electrons. The molecule has 0 saturated carbocycles. The van der Waals surface area contributed by atoms with E-state index < -0.39 is 0 Å². The van der Waals surface area contributed by atoms with E-state index in [4.69, 9.17) is 0 Å². The van der Waals surface area contributed by atoms with Gasteiger partial charge < -0.3 is 10.6 Å². The third kappa shape index (κ3) is 5.50. The molecule has 94 valence electrons. The number of carbonyl (C=O) groups is 1. The molecule has 0 saturated heterocycles. The SMILES string of the molecule is CCC(CC)NC(=O)CNCc1ccccc1. The van der Waals surface area contributed by atoms with E-state index >= 15 is 0 Å². The van der Waals surface area contributed by atoms with Gasteiger partial charge in [-0.3, -0.25) is 4.79 Å². The fraction of sp³-hybridized carbons (Fsp3) is 0.500. The average Bonchev–Trinajstić information content (AvgIpc) is 2.37. The first-order chi connectivity index (χ1) is 8.26. The van der Waals surface area contributed by atoms with Crippen LogP contribution in [0.1, 0.15) is 32.3 Å². The summed E-state index contributed by atoms with van der Waals surface area (Å²) in [5.41, 5.74) is 1.20. The highest BCUT2D eigenvalue weighted by molar-refractivity contribution is 5.78. The highest BCUT2D eigenvalue weighted by Crippen LogP contribution is 1.97. The number of benzene rings is 1. The molecule has 3 nitrogen and oxygen atoms in total. The predicted molar refractivity (Wildman–Crippen MR) is 70.7 cm³/mol. The number of nitrogens with one attached hydrogen (secondary N) is 2. The first kappa shape index (κ1) is 13.7. The minimum atomic E-state index is 0.0784. The highest BCUT2D eigenvalue weighted by Gasteiger charge is 2.07. The Labute approximate surface area is 104 Å². The molecule has 0 bridgehead atoms. The van der Waals surface area contributed by atoms with E-state index in [2.05, 4.69) is 24.5 Å². The van der Waals surface area contributed by atoms with E-state index in [1.807, 2.05) is 30.3 Å². The fourth-order valence-corrected chi connectivity index (χ4v) is 1.69. The van der Waals surface area contributed by atoms with Crippen LogP contribution in [-0.2, 0) is 11.3 Å². The number of rotatable bonds is 7. The van der Waals surface area contributed by atoms with Gasteiger partial charge in [0.15, 0.2) is 0 Å². The van der Waals surface area contributed by atoms with Gasteiger partial charge in [0.2, 0.25) is 5.91 Å². The van der Waals surface area contributed by atoms with Crippen molar-refractivity contribution in [3.8, 4) is 0 Å². The van der Waals surface area contributed by atoms with Crippen LogP contribution in [0.25, 0.3) is 0 Å². The summed E-state index contributed by atoms with van der Waals surface area (Å²) in [6.07, 6.45) is 1.97. The van der Waals surface area contributed by atoms with Crippen LogP contribution in [0.15, 0.2) is 30.3 Å². The molecule has 0 aliphatic carbocycles. The van der Waals surface area contributed by atoms with E-state index in [9.17, 15) is 4.79 Å². The molecular weight excluding hydrogens is 212 g/mol. The third-order valence-corrected chi connectivity index (χ3v) is 2.81. The number of amides is 1. The summed E-state index contributed by atoms with van der Waals surface area (Å²) in [6, 6.07) is 10.4. The van der Waals surface area contributed by atoms with Gasteiger partial charge in [0.1, 0.15) is 0 Å². The lowest BCUT2D eigenvalue weighted by Gasteiger charge is -2.14. The van der Waals surface area contributed by atoms with Crippen LogP contribution in [0.4, 0.5) is 0 Å². The van der Waals surface area contributed by atoms with Crippen molar-refractivity contribution in [2.24, 2.45) is 0 Å². The minimum absolute atomic E-state index is 0.0784. The molecule has 0 fully saturated rings. The number of hydrogen-bond donors (Lipinski definition) is 2. The van der Waals surface area contributed by atoms with Crippen LogP contribution in [0.5, 0.6) is 0 Å². The molecule has 1 aromatic rings. The maximum atomic E-state index is 11.6. The lowest BCUT2D eigenvalue weighted by atomic mass is 10.2. The van der Waals surface area contributed by atoms with Gasteiger partial charge >= 0.3 is 0 Å². The van der Waals surface area contributed by atoms with Crippen molar-refractivity contribution in [2.45, 2.75) is 39.3 Å². The second-order valence-corrected chi connectivity index (χ2v) is 4.17. The van der Waals surface area contributed by atoms with Crippen LogP contribution >= 0.6 is 0 Å². The molecule has 0 aliphatic heterocycles. The third-order valence-electron chi connectivity index (χ3n) is 2.81. The molecule has 1 aromatic carbocycles. The number of carbonyl (C=O) groups excluding carboxylic acids is 1. The van der Waals surface area contributed by atoms with Crippen LogP contribution in [0.2, 0.25) is 0 Å². The van der Waals surface area contributed by atoms with Gasteiger partial charge in [0, 0.05) is 12.6 Å². The maximum Gasteiger partial charge on any atom is 0.234 e. The van der Waals surface area contributed by atoms with Crippen molar-refractivity contribution >= 4 is 5.91 Å². The Balaban J connectivity index is 2.20. The number of hydrogen-bond acceptors (Lipinski definition) is 2. The molecule has 0 unspecified atom stereocenters. The Morgan fingerprint density at radius 1 is 1.18 bits per heavy atom. The summed E-state index contributed by atoms with van der Waals surface area (Å²) in [5, 5.41) is 6.14. The molecule has 1 amide bonds. The zero-order valence-electron chi connectivity index (χ0n) is 10.7. The first-order valence-corrected chi connectivity index (χ1v) is 6.30. The normalized spacial score (nSPS) is 10.5. The molecule has 17 heavy (non-hydrogen) atoms. The Bertz CT molecular complexity index is 320. The Hall–Kier alpha value is -1.35. The van der Waals surface area contributed by atoms with Crippen LogP contribution in [0, 0.1) is 0 Å². The first-order valence-electron chi connectivity index (χ1n) is 6.30. The molecule has 2 N–H and O–H groups in total. The summed E-state index contributed by atoms with van der Waals surface area (Å²) < 4.78 is 0. The van der Waals surface area contributed by atoms with E-state index in [1.54, 1.807) is 0 Å². The summed E-state index contributed by atoms with van der Waals surface area (Å²) in [5.74, 6) is 0.0784. The summed E-state index contributed by atoms with van der Waals surface area (Å²) >= 11 is 0. The highest BCUT2D eigenvalue weighted by atomic mass is 16.1. The fourth-order valence-electron chi connectivity index (χ4n) is 1.69. The molecular formula is C14H22N2O. The van der Waals surface area contributed by atoms with Crippen molar-refractivity contribution < 1.29 is 4.79 Å². The van der Waals surface area contributed by atoms with Gasteiger partial charge in [-0.2, -0.15) is 0 Å². The Kier molecular flexibility index (Phi) is 6.33. The average molecular weight is 234 g/mol. The van der Waals surface area contributed by atoms with E-state index in [1.165, 1.54) is 5.56 Å². The van der Waals surface area contributed by atoms with Gasteiger partial charge in [-0.1, -0.05) is 44.2 Å². The van der Waals surface area contributed by atoms with E-state index in [0.29, 0.717) is 12.6 Å². The molecule has 0 aliphatic rings. The van der Waals surface area contributed by atoms with Crippen molar-refractivity contribution in [3.63, 3.8) is 0 Å². The largest absolute Gasteiger partial charge is 0.352 e. The summed E-state index contributed by atoms with van der Waals surface area (Å²) in [4.78, 5) is 11.6. The van der Waals surface area contributed by atoms with Gasteiger partial charge in [-0.25, -0.2) is 0 Å². The smallest absolute Gasteiger partial charge is 0.234 e. The van der Waals surface area contributed by atoms with E-state index in [-0.39, 0.29) is 5.91 Å². The van der Waals surface area contributed by atoms with E-state index in [0.717, 1.165) is 19.4 Å². The van der Waals surface area contributed by atoms with Crippen molar-refractivity contribution in [3.05, 3.63) is 35.9 Å². The Morgan fingerprint density at radius 2 is 1.82 bits per heavy atom. The van der Waals surface area contributed by atoms with Gasteiger partial charge in [-0.05, 0) is 18.4 Å². The minimum Gasteiger partial charge on any atom is -0.352 e. The second-order valence-electron chi connectivity index (χ2n) is 4.17. The van der Waals surface area contributed by atoms with Crippen molar-refractivity contribution in [2.75, 3.05) is 6.54 Å². The molecule has 1 rings (SSSR count). The van der Waals surface area contributed by atoms with Crippen LogP contribution in [-0.4, -0.2) is 18.5 Å². The quantitative estimate of drug-likeness (QED) is 0.758. The lowest BCUT2D eigenvalue weighted by Crippen LogP contribution is -2.39. The van der Waals surface area contributed by atoms with Gasteiger partial charge in [-0.15, -0.1) is 0 Å². The predicted octanol–water partition coefficient (Wildman–Crippen LogP) is 2.08. The van der Waals surface area contributed by atoms with Crippen molar-refractivity contribution in [1.29, 1.82) is 0 Å². The molecule has 0 aromatic heterocycles. The van der Waals surface area contributed by atoms with Crippen molar-refractivity contribution in [1.82, 2.24) is 10.6 Å². The topological polar surface area (TPSA) is 41.1 Å². The maximum absolute atomic E-state index is 11.6.